The lowest BCUT2D eigenvalue weighted by Gasteiger charge is -2.40. The van der Waals surface area contributed by atoms with Gasteiger partial charge < -0.3 is 24.8 Å². The van der Waals surface area contributed by atoms with Crippen molar-refractivity contribution in [1.82, 2.24) is 14.6 Å². The molecule has 1 spiro atoms. The molecule has 6 rings (SSSR count). The van der Waals surface area contributed by atoms with Crippen molar-refractivity contribution >= 4 is 22.9 Å². The zero-order valence-electron chi connectivity index (χ0n) is 19.7. The first-order valence-electron chi connectivity index (χ1n) is 11.8. The van der Waals surface area contributed by atoms with Crippen molar-refractivity contribution < 1.29 is 19.4 Å². The zero-order chi connectivity index (χ0) is 23.7. The Kier molecular flexibility index (Phi) is 6.14. The third-order valence-corrected chi connectivity index (χ3v) is 7.14. The molecule has 2 saturated heterocycles. The summed E-state index contributed by atoms with van der Waals surface area (Å²) in [6.07, 6.45) is 9.38. The maximum Gasteiger partial charge on any atom is 0.261 e. The number of aliphatic hydroxyl groups excluding tert-OH is 1. The number of rotatable bonds is 3. The Bertz CT molecular complexity index is 1180. The fraction of sp³-hybridized carbons (Fsp3) is 0.480. The van der Waals surface area contributed by atoms with Gasteiger partial charge in [0, 0.05) is 57.3 Å². The molecule has 9 nitrogen and oxygen atoms in total. The number of amides is 1. The molecule has 1 unspecified atom stereocenters. The normalized spacial score (nSPS) is 20.6. The molecule has 0 bridgehead atoms. The number of carbonyl (C=O) groups is 1. The van der Waals surface area contributed by atoms with Crippen LogP contribution in [-0.4, -0.2) is 65.1 Å². The number of hydrogen-bond acceptors (Lipinski definition) is 7. The molecule has 0 aliphatic carbocycles. The van der Waals surface area contributed by atoms with Crippen LogP contribution >= 0.6 is 0 Å². The summed E-state index contributed by atoms with van der Waals surface area (Å²) in [5.41, 5.74) is 4.30. The van der Waals surface area contributed by atoms with Crippen molar-refractivity contribution in [3.63, 3.8) is 0 Å². The lowest BCUT2D eigenvalue weighted by atomic mass is 9.78. The predicted molar refractivity (Wildman–Crippen MR) is 129 cm³/mol. The van der Waals surface area contributed by atoms with Gasteiger partial charge in [-0.1, -0.05) is 0 Å². The number of hydrogen-bond donors (Lipinski definition) is 2. The second-order valence-corrected chi connectivity index (χ2v) is 9.30. The second-order valence-electron chi connectivity index (χ2n) is 9.30. The van der Waals surface area contributed by atoms with Crippen LogP contribution < -0.4 is 15.0 Å². The van der Waals surface area contributed by atoms with Crippen molar-refractivity contribution in [3.8, 4) is 5.75 Å². The molecule has 0 radical (unpaired) electrons. The Labute approximate surface area is 198 Å². The number of aromatic nitrogens is 3. The van der Waals surface area contributed by atoms with Gasteiger partial charge in [0.25, 0.3) is 5.91 Å². The van der Waals surface area contributed by atoms with Crippen LogP contribution in [-0.2, 0) is 11.2 Å². The number of fused-ring (bicyclic) bond motifs is 2. The van der Waals surface area contributed by atoms with E-state index in [1.807, 2.05) is 0 Å². The molecule has 34 heavy (non-hydrogen) atoms. The smallest absolute Gasteiger partial charge is 0.261 e. The molecule has 1 aromatic carbocycles. The van der Waals surface area contributed by atoms with E-state index in [1.54, 1.807) is 29.2 Å². The van der Waals surface area contributed by atoms with Crippen molar-refractivity contribution in [2.75, 3.05) is 43.6 Å². The fourth-order valence-electron chi connectivity index (χ4n) is 5.26. The summed E-state index contributed by atoms with van der Waals surface area (Å²) in [6.45, 7) is 5.71. The van der Waals surface area contributed by atoms with Gasteiger partial charge in [0.2, 0.25) is 0 Å². The van der Waals surface area contributed by atoms with Gasteiger partial charge in [-0.3, -0.25) is 4.79 Å². The Morgan fingerprint density at radius 2 is 2.06 bits per heavy atom. The van der Waals surface area contributed by atoms with Gasteiger partial charge in [-0.2, -0.15) is 5.10 Å². The molecule has 3 aliphatic heterocycles. The minimum absolute atomic E-state index is 0.146. The number of nitrogens with zero attached hydrogens (tertiary/aromatic N) is 4. The van der Waals surface area contributed by atoms with E-state index < -0.39 is 0 Å². The van der Waals surface area contributed by atoms with Crippen molar-refractivity contribution in [3.05, 3.63) is 47.9 Å². The van der Waals surface area contributed by atoms with Crippen LogP contribution in [0.2, 0.25) is 0 Å². The molecule has 1 amide bonds. The van der Waals surface area contributed by atoms with Crippen LogP contribution in [0.3, 0.4) is 0 Å². The molecular weight excluding hydrogens is 434 g/mol. The maximum absolute atomic E-state index is 13.2. The van der Waals surface area contributed by atoms with Crippen LogP contribution in [0.25, 0.3) is 5.65 Å². The number of nitrogens with one attached hydrogen (secondary N) is 1. The topological polar surface area (TPSA) is 101 Å². The molecule has 0 saturated carbocycles. The Balaban J connectivity index is 0.00000117. The third-order valence-electron chi connectivity index (χ3n) is 7.14. The Hall–Kier alpha value is -3.17. The number of aliphatic hydroxyl groups is 1. The average molecular weight is 466 g/mol. The molecule has 2 fully saturated rings. The summed E-state index contributed by atoms with van der Waals surface area (Å²) < 4.78 is 13.3. The summed E-state index contributed by atoms with van der Waals surface area (Å²) in [4.78, 5) is 19.9. The highest BCUT2D eigenvalue weighted by atomic mass is 16.5. The lowest BCUT2D eigenvalue weighted by molar-refractivity contribution is 0.102. The van der Waals surface area contributed by atoms with Gasteiger partial charge in [0.05, 0.1) is 24.2 Å². The van der Waals surface area contributed by atoms with Crippen LogP contribution in [0.1, 0.15) is 42.1 Å². The largest absolute Gasteiger partial charge is 0.490 e. The van der Waals surface area contributed by atoms with Crippen molar-refractivity contribution in [1.29, 1.82) is 0 Å². The number of carbonyl (C=O) groups excluding carboxylic acids is 1. The minimum Gasteiger partial charge on any atom is -0.490 e. The lowest BCUT2D eigenvalue weighted by Crippen LogP contribution is -2.40. The van der Waals surface area contributed by atoms with E-state index in [9.17, 15) is 4.79 Å². The van der Waals surface area contributed by atoms with Crippen LogP contribution in [0.15, 0.2) is 36.8 Å². The first kappa shape index (κ1) is 22.6. The molecule has 180 valence electrons. The summed E-state index contributed by atoms with van der Waals surface area (Å²) in [5, 5.41) is 14.4. The predicted octanol–water partition coefficient (Wildman–Crippen LogP) is 2.92. The number of ether oxygens (including phenoxy) is 2. The molecular formula is C25H31N5O4. The second kappa shape index (κ2) is 9.23. The van der Waals surface area contributed by atoms with Gasteiger partial charge in [-0.05, 0) is 43.7 Å². The van der Waals surface area contributed by atoms with Crippen LogP contribution in [0.4, 0.5) is 11.4 Å². The van der Waals surface area contributed by atoms with Crippen LogP contribution in [0, 0.1) is 5.41 Å². The molecule has 2 N–H and O–H groups in total. The van der Waals surface area contributed by atoms with E-state index >= 15 is 0 Å². The maximum atomic E-state index is 13.2. The van der Waals surface area contributed by atoms with E-state index in [1.165, 1.54) is 0 Å². The SMILES string of the molecule is CC1Cc2cc(NC(=O)c3cnn4cccnc34)c(N3CCC4(CCOC4)CC3)cc2O1.CO. The van der Waals surface area contributed by atoms with Gasteiger partial charge in [-0.25, -0.2) is 9.50 Å². The number of anilines is 2. The first-order chi connectivity index (χ1) is 16.6. The monoisotopic (exact) mass is 465 g/mol. The summed E-state index contributed by atoms with van der Waals surface area (Å²) in [5.74, 6) is 0.720. The average Bonchev–Trinajstić information content (AvgIpc) is 3.58. The quantitative estimate of drug-likeness (QED) is 0.613. The van der Waals surface area contributed by atoms with E-state index in [2.05, 4.69) is 39.4 Å². The molecule has 3 aromatic rings. The molecule has 9 heteroatoms. The van der Waals surface area contributed by atoms with E-state index in [4.69, 9.17) is 14.6 Å². The van der Waals surface area contributed by atoms with Gasteiger partial charge in [0.1, 0.15) is 17.4 Å². The molecule has 1 atom stereocenters. The minimum atomic E-state index is -0.204. The fourth-order valence-corrected chi connectivity index (χ4v) is 5.26. The van der Waals surface area contributed by atoms with E-state index in [0.717, 1.165) is 81.8 Å². The highest BCUT2D eigenvalue weighted by molar-refractivity contribution is 6.09. The highest BCUT2D eigenvalue weighted by Gasteiger charge is 2.38. The molecule has 5 heterocycles. The first-order valence-corrected chi connectivity index (χ1v) is 11.8. The van der Waals surface area contributed by atoms with Crippen molar-refractivity contribution in [2.45, 2.75) is 38.7 Å². The summed E-state index contributed by atoms with van der Waals surface area (Å²) in [6, 6.07) is 5.97. The van der Waals surface area contributed by atoms with Gasteiger partial charge in [0.15, 0.2) is 5.65 Å². The Morgan fingerprint density at radius 1 is 1.24 bits per heavy atom. The van der Waals surface area contributed by atoms with Crippen molar-refractivity contribution in [2.24, 2.45) is 5.41 Å². The summed E-state index contributed by atoms with van der Waals surface area (Å²) >= 11 is 0. The van der Waals surface area contributed by atoms with Crippen LogP contribution in [0.5, 0.6) is 5.75 Å². The number of benzene rings is 1. The number of piperidine rings is 1. The van der Waals surface area contributed by atoms with E-state index in [-0.39, 0.29) is 12.0 Å². The summed E-state index contributed by atoms with van der Waals surface area (Å²) in [7, 11) is 1.00. The molecule has 2 aromatic heterocycles. The third kappa shape index (κ3) is 4.10. The van der Waals surface area contributed by atoms with Gasteiger partial charge in [-0.15, -0.1) is 0 Å². The highest BCUT2D eigenvalue weighted by Crippen LogP contribution is 2.44. The van der Waals surface area contributed by atoms with E-state index in [0.29, 0.717) is 16.6 Å². The standard InChI is InChI=1S/C24H27N5O3.CH4O/c1-16-11-17-12-19(27-23(30)18-14-26-29-7-2-6-25-22(18)29)20(13-21(17)32-16)28-8-3-24(4-9-28)5-10-31-15-24;1-2/h2,6-7,12-14,16H,3-5,8-11,15H2,1H3,(H,27,30);2H,1H3. The Morgan fingerprint density at radius 3 is 2.82 bits per heavy atom. The molecule has 3 aliphatic rings. The zero-order valence-corrected chi connectivity index (χ0v) is 19.7. The van der Waals surface area contributed by atoms with Gasteiger partial charge >= 0.3 is 0 Å².